The standard InChI is InChI=1S/C18H21NO5/c1-2-23-16(20)8-9-18-12-22-11-15(19(18)17(21)24-13-18)10-14-6-4-3-5-7-14/h3-9,15H,2,10-13H2,1H3/b9-8+/t15-,18?/m0/s1. The van der Waals surface area contributed by atoms with E-state index in [1.807, 2.05) is 30.3 Å². The predicted octanol–water partition coefficient (Wildman–Crippen LogP) is 1.94. The van der Waals surface area contributed by atoms with Crippen molar-refractivity contribution in [3.05, 3.63) is 48.0 Å². The number of esters is 1. The zero-order valence-corrected chi connectivity index (χ0v) is 13.6. The molecule has 0 aliphatic carbocycles. The molecule has 0 aromatic heterocycles. The van der Waals surface area contributed by atoms with Crippen molar-refractivity contribution in [3.8, 4) is 0 Å². The van der Waals surface area contributed by atoms with Crippen molar-refractivity contribution in [1.82, 2.24) is 4.90 Å². The zero-order chi connectivity index (χ0) is 17.0. The Morgan fingerprint density at radius 3 is 2.92 bits per heavy atom. The van der Waals surface area contributed by atoms with E-state index in [4.69, 9.17) is 14.2 Å². The first kappa shape index (κ1) is 16.5. The summed E-state index contributed by atoms with van der Waals surface area (Å²) < 4.78 is 15.9. The molecule has 1 unspecified atom stereocenters. The molecule has 0 spiro atoms. The van der Waals surface area contributed by atoms with Crippen molar-refractivity contribution in [2.75, 3.05) is 26.4 Å². The van der Waals surface area contributed by atoms with Crippen molar-refractivity contribution >= 4 is 12.1 Å². The highest BCUT2D eigenvalue weighted by Crippen LogP contribution is 2.33. The van der Waals surface area contributed by atoms with E-state index in [-0.39, 0.29) is 18.7 Å². The maximum Gasteiger partial charge on any atom is 0.411 e. The minimum absolute atomic E-state index is 0.136. The monoisotopic (exact) mass is 331 g/mol. The highest BCUT2D eigenvalue weighted by Gasteiger charge is 2.52. The van der Waals surface area contributed by atoms with Crippen LogP contribution in [0.3, 0.4) is 0 Å². The van der Waals surface area contributed by atoms with Crippen LogP contribution < -0.4 is 0 Å². The van der Waals surface area contributed by atoms with E-state index in [0.29, 0.717) is 26.2 Å². The van der Waals surface area contributed by atoms with E-state index in [0.717, 1.165) is 5.56 Å². The predicted molar refractivity (Wildman–Crippen MR) is 86.4 cm³/mol. The first-order chi connectivity index (χ1) is 11.6. The topological polar surface area (TPSA) is 65.1 Å². The number of benzene rings is 1. The minimum Gasteiger partial charge on any atom is -0.463 e. The first-order valence-electron chi connectivity index (χ1n) is 8.08. The molecule has 6 nitrogen and oxygen atoms in total. The van der Waals surface area contributed by atoms with Gasteiger partial charge in [-0.05, 0) is 25.0 Å². The summed E-state index contributed by atoms with van der Waals surface area (Å²) in [5, 5.41) is 0. The van der Waals surface area contributed by atoms with Crippen molar-refractivity contribution in [3.63, 3.8) is 0 Å². The number of hydrogen-bond donors (Lipinski definition) is 0. The molecule has 0 bridgehead atoms. The lowest BCUT2D eigenvalue weighted by atomic mass is 9.93. The van der Waals surface area contributed by atoms with E-state index in [1.54, 1.807) is 17.9 Å². The molecule has 1 aromatic carbocycles. The van der Waals surface area contributed by atoms with Gasteiger partial charge in [0.25, 0.3) is 0 Å². The van der Waals surface area contributed by atoms with Crippen LogP contribution in [-0.2, 0) is 25.4 Å². The van der Waals surface area contributed by atoms with E-state index >= 15 is 0 Å². The molecule has 3 rings (SSSR count). The molecule has 2 fully saturated rings. The van der Waals surface area contributed by atoms with Crippen LogP contribution in [-0.4, -0.2) is 55.0 Å². The Bertz CT molecular complexity index is 630. The highest BCUT2D eigenvalue weighted by molar-refractivity contribution is 5.82. The lowest BCUT2D eigenvalue weighted by molar-refractivity contribution is -0.137. The molecule has 0 saturated carbocycles. The maximum atomic E-state index is 12.3. The third-order valence-electron chi connectivity index (χ3n) is 4.28. The molecule has 2 aliphatic heterocycles. The molecule has 2 saturated heterocycles. The Balaban J connectivity index is 1.81. The van der Waals surface area contributed by atoms with Crippen LogP contribution in [0, 0.1) is 0 Å². The fourth-order valence-electron chi connectivity index (χ4n) is 3.20. The van der Waals surface area contributed by atoms with Gasteiger partial charge in [0.1, 0.15) is 12.1 Å². The summed E-state index contributed by atoms with van der Waals surface area (Å²) in [7, 11) is 0. The second kappa shape index (κ2) is 7.05. The number of fused-ring (bicyclic) bond motifs is 1. The van der Waals surface area contributed by atoms with E-state index in [1.165, 1.54) is 6.08 Å². The number of rotatable bonds is 5. The molecular weight excluding hydrogens is 310 g/mol. The van der Waals surface area contributed by atoms with E-state index < -0.39 is 11.5 Å². The number of carbonyl (C=O) groups is 2. The Morgan fingerprint density at radius 1 is 1.38 bits per heavy atom. The summed E-state index contributed by atoms with van der Waals surface area (Å²) in [6.45, 7) is 2.98. The lowest BCUT2D eigenvalue weighted by Gasteiger charge is -2.42. The van der Waals surface area contributed by atoms with Gasteiger partial charge in [0.05, 0.1) is 25.9 Å². The average molecular weight is 331 g/mol. The Kier molecular flexibility index (Phi) is 4.85. The molecule has 1 amide bonds. The molecule has 1 aromatic rings. The molecule has 0 N–H and O–H groups in total. The third-order valence-corrected chi connectivity index (χ3v) is 4.28. The van der Waals surface area contributed by atoms with Crippen LogP contribution in [0.4, 0.5) is 4.79 Å². The molecule has 2 heterocycles. The van der Waals surface area contributed by atoms with Crippen molar-refractivity contribution in [2.45, 2.75) is 24.9 Å². The van der Waals surface area contributed by atoms with Crippen molar-refractivity contribution < 1.29 is 23.8 Å². The summed E-state index contributed by atoms with van der Waals surface area (Å²) in [4.78, 5) is 25.6. The second-order valence-corrected chi connectivity index (χ2v) is 5.97. The second-order valence-electron chi connectivity index (χ2n) is 5.97. The fraction of sp³-hybridized carbons (Fsp3) is 0.444. The number of nitrogens with zero attached hydrogens (tertiary/aromatic N) is 1. The van der Waals surface area contributed by atoms with Crippen LogP contribution in [0.2, 0.25) is 0 Å². The first-order valence-corrected chi connectivity index (χ1v) is 8.08. The Labute approximate surface area is 141 Å². The number of hydrogen-bond acceptors (Lipinski definition) is 5. The summed E-state index contributed by atoms with van der Waals surface area (Å²) in [6, 6.07) is 9.79. The number of ether oxygens (including phenoxy) is 3. The van der Waals surface area contributed by atoms with Crippen LogP contribution in [0.25, 0.3) is 0 Å². The highest BCUT2D eigenvalue weighted by atomic mass is 16.6. The molecule has 0 radical (unpaired) electrons. The van der Waals surface area contributed by atoms with E-state index in [2.05, 4.69) is 0 Å². The van der Waals surface area contributed by atoms with Gasteiger partial charge >= 0.3 is 12.1 Å². The largest absolute Gasteiger partial charge is 0.463 e. The van der Waals surface area contributed by atoms with Crippen molar-refractivity contribution in [1.29, 1.82) is 0 Å². The van der Waals surface area contributed by atoms with Gasteiger partial charge in [-0.2, -0.15) is 0 Å². The minimum atomic E-state index is -0.748. The van der Waals surface area contributed by atoms with Gasteiger partial charge in [0.2, 0.25) is 0 Å². The number of morpholine rings is 1. The molecule has 6 heteroatoms. The van der Waals surface area contributed by atoms with Gasteiger partial charge < -0.3 is 14.2 Å². The van der Waals surface area contributed by atoms with Crippen LogP contribution >= 0.6 is 0 Å². The van der Waals surface area contributed by atoms with Crippen LogP contribution in [0.5, 0.6) is 0 Å². The van der Waals surface area contributed by atoms with Gasteiger partial charge in [0, 0.05) is 6.08 Å². The normalized spacial score (nSPS) is 26.3. The summed E-state index contributed by atoms with van der Waals surface area (Å²) in [5.74, 6) is -0.434. The SMILES string of the molecule is CCOC(=O)/C=C/C12COC[C@H](Cc3ccccc3)N1C(=O)OC2. The summed E-state index contributed by atoms with van der Waals surface area (Å²) in [6.07, 6.45) is 3.33. The van der Waals surface area contributed by atoms with Crippen LogP contribution in [0.15, 0.2) is 42.5 Å². The number of amides is 1. The number of cyclic esters (lactones) is 1. The molecule has 2 atom stereocenters. The van der Waals surface area contributed by atoms with Gasteiger partial charge in [0.15, 0.2) is 0 Å². The molecule has 2 aliphatic rings. The third kappa shape index (κ3) is 3.28. The van der Waals surface area contributed by atoms with E-state index in [9.17, 15) is 9.59 Å². The fourth-order valence-corrected chi connectivity index (χ4v) is 3.20. The summed E-state index contributed by atoms with van der Waals surface area (Å²) in [5.41, 5.74) is 0.373. The van der Waals surface area contributed by atoms with Gasteiger partial charge in [-0.1, -0.05) is 30.3 Å². The van der Waals surface area contributed by atoms with Crippen molar-refractivity contribution in [2.24, 2.45) is 0 Å². The summed E-state index contributed by atoms with van der Waals surface area (Å²) >= 11 is 0. The lowest BCUT2D eigenvalue weighted by Crippen LogP contribution is -2.60. The smallest absolute Gasteiger partial charge is 0.411 e. The number of carbonyl (C=O) groups excluding carboxylic acids is 2. The molecular formula is C18H21NO5. The quantitative estimate of drug-likeness (QED) is 0.609. The Morgan fingerprint density at radius 2 is 2.17 bits per heavy atom. The van der Waals surface area contributed by atoms with Gasteiger partial charge in [-0.3, -0.25) is 4.90 Å². The maximum absolute atomic E-state index is 12.3. The molecule has 128 valence electrons. The zero-order valence-electron chi connectivity index (χ0n) is 13.6. The van der Waals surface area contributed by atoms with Gasteiger partial charge in [-0.25, -0.2) is 9.59 Å². The molecule has 24 heavy (non-hydrogen) atoms. The van der Waals surface area contributed by atoms with Gasteiger partial charge in [-0.15, -0.1) is 0 Å². The average Bonchev–Trinajstić information content (AvgIpc) is 2.93. The van der Waals surface area contributed by atoms with Crippen LogP contribution in [0.1, 0.15) is 12.5 Å². The Hall–Kier alpha value is -2.34.